The molecule has 0 spiro atoms. The lowest BCUT2D eigenvalue weighted by molar-refractivity contribution is -0.142. The van der Waals surface area contributed by atoms with Gasteiger partial charge in [-0.05, 0) is 49.6 Å². The van der Waals surface area contributed by atoms with Gasteiger partial charge in [0.2, 0.25) is 17.7 Å². The minimum Gasteiger partial charge on any atom is -0.480 e. The average Bonchev–Trinajstić information content (AvgIpc) is 3.60. The molecule has 0 fully saturated rings. The monoisotopic (exact) mass is 589 g/mol. The number of fused-ring (bicyclic) bond motifs is 2. The second-order valence-corrected chi connectivity index (χ2v) is 10.7. The van der Waals surface area contributed by atoms with Crippen LogP contribution in [-0.2, 0) is 32.0 Å². The Morgan fingerprint density at radius 3 is 1.86 bits per heavy atom. The molecule has 2 aromatic carbocycles. The standard InChI is InChI=1S/C31H39N7O5/c1-18(28(39)38-27(31(42)43)15-20-17-35-25-12-5-3-9-22(20)25)36-30(41)26(37-29(40)23(33)10-6-7-13-32)14-19-16-34-24-11-4-2-8-21(19)24/h2-5,8-9,11-12,16-18,23,26-27,34-35H,6-7,10,13-15,32-33H2,1H3,(H,36,41)(H,37,40)(H,38,39)(H,42,43). The Labute approximate surface area is 249 Å². The summed E-state index contributed by atoms with van der Waals surface area (Å²) < 4.78 is 0. The molecule has 2 heterocycles. The van der Waals surface area contributed by atoms with Crippen molar-refractivity contribution in [3.8, 4) is 0 Å². The molecule has 4 aromatic rings. The summed E-state index contributed by atoms with van der Waals surface area (Å²) in [7, 11) is 0. The lowest BCUT2D eigenvalue weighted by Gasteiger charge is -2.23. The van der Waals surface area contributed by atoms with Gasteiger partial charge in [0, 0.05) is 47.0 Å². The first kappa shape index (κ1) is 31.3. The van der Waals surface area contributed by atoms with Gasteiger partial charge in [-0.15, -0.1) is 0 Å². The predicted octanol–water partition coefficient (Wildman–Crippen LogP) is 1.45. The van der Waals surface area contributed by atoms with Crippen LogP contribution >= 0.6 is 0 Å². The van der Waals surface area contributed by atoms with Crippen molar-refractivity contribution in [2.45, 2.75) is 63.2 Å². The van der Waals surface area contributed by atoms with Gasteiger partial charge in [0.05, 0.1) is 6.04 Å². The summed E-state index contributed by atoms with van der Waals surface area (Å²) in [5.74, 6) is -2.96. The molecule has 0 aliphatic heterocycles. The molecule has 10 N–H and O–H groups in total. The number of unbranched alkanes of at least 4 members (excludes halogenated alkanes) is 1. The van der Waals surface area contributed by atoms with Crippen molar-refractivity contribution in [2.75, 3.05) is 6.54 Å². The highest BCUT2D eigenvalue weighted by Crippen LogP contribution is 2.20. The van der Waals surface area contributed by atoms with Crippen molar-refractivity contribution in [3.63, 3.8) is 0 Å². The maximum Gasteiger partial charge on any atom is 0.326 e. The smallest absolute Gasteiger partial charge is 0.326 e. The van der Waals surface area contributed by atoms with Crippen molar-refractivity contribution in [1.82, 2.24) is 25.9 Å². The summed E-state index contributed by atoms with van der Waals surface area (Å²) in [6.07, 6.45) is 5.50. The zero-order valence-electron chi connectivity index (χ0n) is 24.1. The number of hydrogen-bond acceptors (Lipinski definition) is 6. The van der Waals surface area contributed by atoms with Crippen LogP contribution in [0.2, 0.25) is 0 Å². The van der Waals surface area contributed by atoms with Crippen LogP contribution < -0.4 is 27.4 Å². The third-order valence-corrected chi connectivity index (χ3v) is 7.50. The van der Waals surface area contributed by atoms with Crippen LogP contribution in [0.3, 0.4) is 0 Å². The van der Waals surface area contributed by atoms with E-state index in [4.69, 9.17) is 11.5 Å². The molecule has 0 bridgehead atoms. The number of amides is 3. The van der Waals surface area contributed by atoms with Gasteiger partial charge < -0.3 is 42.5 Å². The van der Waals surface area contributed by atoms with Gasteiger partial charge in [0.1, 0.15) is 18.1 Å². The van der Waals surface area contributed by atoms with Gasteiger partial charge in [-0.25, -0.2) is 4.79 Å². The minimum atomic E-state index is -1.22. The van der Waals surface area contributed by atoms with E-state index in [1.807, 2.05) is 48.5 Å². The maximum atomic E-state index is 13.5. The number of carboxylic acid groups (broad SMARTS) is 1. The number of carbonyl (C=O) groups is 4. The Hall–Kier alpha value is -4.68. The first-order valence-electron chi connectivity index (χ1n) is 14.4. The SMILES string of the molecule is CC(NC(=O)C(Cc1c[nH]c2ccccc12)NC(=O)C(N)CCCCN)C(=O)NC(Cc1c[nH]c2ccccc12)C(=O)O. The van der Waals surface area contributed by atoms with Gasteiger partial charge in [0.15, 0.2) is 0 Å². The summed E-state index contributed by atoms with van der Waals surface area (Å²) in [6.45, 7) is 1.95. The quantitative estimate of drug-likeness (QED) is 0.0956. The van der Waals surface area contributed by atoms with Gasteiger partial charge >= 0.3 is 5.97 Å². The van der Waals surface area contributed by atoms with E-state index in [0.717, 1.165) is 39.4 Å². The second kappa shape index (κ2) is 14.5. The maximum absolute atomic E-state index is 13.5. The Balaban J connectivity index is 1.44. The molecule has 43 heavy (non-hydrogen) atoms. The predicted molar refractivity (Wildman–Crippen MR) is 164 cm³/mol. The summed E-state index contributed by atoms with van der Waals surface area (Å²) in [5, 5.41) is 19.5. The lowest BCUT2D eigenvalue weighted by Crippen LogP contribution is -2.57. The van der Waals surface area contributed by atoms with E-state index in [1.165, 1.54) is 6.92 Å². The van der Waals surface area contributed by atoms with E-state index in [1.54, 1.807) is 12.4 Å². The number of hydrogen-bond donors (Lipinski definition) is 8. The third kappa shape index (κ3) is 7.99. The lowest BCUT2D eigenvalue weighted by atomic mass is 10.0. The molecular weight excluding hydrogens is 550 g/mol. The number of aromatic nitrogens is 2. The number of H-pyrrole nitrogens is 2. The third-order valence-electron chi connectivity index (χ3n) is 7.50. The number of carboxylic acids is 1. The van der Waals surface area contributed by atoms with E-state index in [0.29, 0.717) is 19.4 Å². The molecule has 0 radical (unpaired) electrons. The summed E-state index contributed by atoms with van der Waals surface area (Å²) in [5.41, 5.74) is 14.9. The Morgan fingerprint density at radius 2 is 1.30 bits per heavy atom. The Bertz CT molecular complexity index is 1580. The highest BCUT2D eigenvalue weighted by atomic mass is 16.4. The normalized spacial score (nSPS) is 14.1. The Morgan fingerprint density at radius 1 is 0.767 bits per heavy atom. The van der Waals surface area contributed by atoms with Crippen LogP contribution in [0.4, 0.5) is 0 Å². The van der Waals surface area contributed by atoms with E-state index >= 15 is 0 Å². The molecule has 3 amide bonds. The highest BCUT2D eigenvalue weighted by Gasteiger charge is 2.29. The van der Waals surface area contributed by atoms with Crippen LogP contribution in [0.15, 0.2) is 60.9 Å². The molecule has 4 atom stereocenters. The summed E-state index contributed by atoms with van der Waals surface area (Å²) in [6, 6.07) is 10.9. The van der Waals surface area contributed by atoms with Crippen LogP contribution in [0.25, 0.3) is 21.8 Å². The fraction of sp³-hybridized carbons (Fsp3) is 0.355. The molecule has 4 rings (SSSR count). The van der Waals surface area contributed by atoms with Gasteiger partial charge in [-0.3, -0.25) is 14.4 Å². The highest BCUT2D eigenvalue weighted by molar-refractivity contribution is 5.95. The number of nitrogens with two attached hydrogens (primary N) is 2. The molecule has 0 saturated heterocycles. The van der Waals surface area contributed by atoms with Crippen molar-refractivity contribution in [1.29, 1.82) is 0 Å². The van der Waals surface area contributed by atoms with Crippen LogP contribution in [0.1, 0.15) is 37.3 Å². The Kier molecular flexibility index (Phi) is 10.5. The zero-order chi connectivity index (χ0) is 30.9. The van der Waals surface area contributed by atoms with E-state index in [9.17, 15) is 24.3 Å². The van der Waals surface area contributed by atoms with Crippen molar-refractivity contribution < 1.29 is 24.3 Å². The summed E-state index contributed by atoms with van der Waals surface area (Å²) in [4.78, 5) is 57.7. The fourth-order valence-electron chi connectivity index (χ4n) is 5.04. The molecule has 12 heteroatoms. The van der Waals surface area contributed by atoms with Gasteiger partial charge in [-0.1, -0.05) is 42.8 Å². The number of benzene rings is 2. The minimum absolute atomic E-state index is 0.0487. The molecule has 12 nitrogen and oxygen atoms in total. The molecule has 2 aromatic heterocycles. The van der Waals surface area contributed by atoms with Gasteiger partial charge in [-0.2, -0.15) is 0 Å². The first-order chi connectivity index (χ1) is 20.7. The number of rotatable bonds is 15. The number of para-hydroxylation sites is 2. The largest absolute Gasteiger partial charge is 0.480 e. The van der Waals surface area contributed by atoms with E-state index in [2.05, 4.69) is 25.9 Å². The molecule has 0 aliphatic carbocycles. The van der Waals surface area contributed by atoms with E-state index in [-0.39, 0.29) is 12.8 Å². The number of carbonyl (C=O) groups excluding carboxylic acids is 3. The zero-order valence-corrected chi connectivity index (χ0v) is 24.1. The fourth-order valence-corrected chi connectivity index (χ4v) is 5.04. The molecular formula is C31H39N7O5. The molecule has 228 valence electrons. The van der Waals surface area contributed by atoms with Crippen LogP contribution in [0, 0.1) is 0 Å². The number of nitrogens with one attached hydrogen (secondary N) is 5. The average molecular weight is 590 g/mol. The van der Waals surface area contributed by atoms with Crippen molar-refractivity contribution >= 4 is 45.5 Å². The van der Waals surface area contributed by atoms with Crippen LogP contribution in [-0.4, -0.2) is 69.5 Å². The second-order valence-electron chi connectivity index (χ2n) is 10.7. The van der Waals surface area contributed by atoms with Gasteiger partial charge in [0.25, 0.3) is 0 Å². The van der Waals surface area contributed by atoms with Crippen molar-refractivity contribution in [3.05, 3.63) is 72.1 Å². The van der Waals surface area contributed by atoms with Crippen molar-refractivity contribution in [2.24, 2.45) is 11.5 Å². The number of aliphatic carboxylic acids is 1. The molecule has 0 saturated carbocycles. The number of aromatic amines is 2. The summed E-state index contributed by atoms with van der Waals surface area (Å²) >= 11 is 0. The molecule has 4 unspecified atom stereocenters. The topological polar surface area (TPSA) is 208 Å². The van der Waals surface area contributed by atoms with Crippen LogP contribution in [0.5, 0.6) is 0 Å². The van der Waals surface area contributed by atoms with E-state index < -0.39 is 47.9 Å². The first-order valence-corrected chi connectivity index (χ1v) is 14.4. The molecule has 0 aliphatic rings.